The maximum Gasteiger partial charge on any atom is 0.233 e. The van der Waals surface area contributed by atoms with Gasteiger partial charge in [-0.25, -0.2) is 9.37 Å². The van der Waals surface area contributed by atoms with E-state index < -0.39 is 0 Å². The van der Waals surface area contributed by atoms with Crippen LogP contribution in [0.4, 0.5) is 9.52 Å². The number of carbonyl (C=O) groups excluding carboxylic acids is 1. The van der Waals surface area contributed by atoms with E-state index in [4.69, 9.17) is 0 Å². The zero-order valence-electron chi connectivity index (χ0n) is 15.9. The molecule has 1 heterocycles. The minimum absolute atomic E-state index is 0.0150. The van der Waals surface area contributed by atoms with E-state index in [2.05, 4.69) is 9.88 Å². The van der Waals surface area contributed by atoms with Gasteiger partial charge in [0.05, 0.1) is 11.1 Å². The number of halogens is 1. The summed E-state index contributed by atoms with van der Waals surface area (Å²) in [5, 5.41) is 0.562. The van der Waals surface area contributed by atoms with E-state index in [1.54, 1.807) is 11.0 Å². The number of para-hydroxylation sites is 1. The van der Waals surface area contributed by atoms with Crippen molar-refractivity contribution in [1.82, 2.24) is 9.88 Å². The monoisotopic (exact) mass is 385 g/mol. The Kier molecular flexibility index (Phi) is 6.19. The molecule has 0 saturated carbocycles. The summed E-state index contributed by atoms with van der Waals surface area (Å²) < 4.78 is 14.8. The summed E-state index contributed by atoms with van der Waals surface area (Å²) in [5.74, 6) is -0.367. The Morgan fingerprint density at radius 1 is 1.15 bits per heavy atom. The van der Waals surface area contributed by atoms with Gasteiger partial charge in [-0.1, -0.05) is 47.2 Å². The fourth-order valence-corrected chi connectivity index (χ4v) is 4.01. The highest BCUT2D eigenvalue weighted by atomic mass is 32.1. The lowest BCUT2D eigenvalue weighted by Gasteiger charge is -2.21. The Bertz CT molecular complexity index is 938. The molecule has 0 aliphatic rings. The van der Waals surface area contributed by atoms with E-state index in [9.17, 15) is 9.18 Å². The number of thiazole rings is 1. The number of carbonyl (C=O) groups is 1. The van der Waals surface area contributed by atoms with Gasteiger partial charge in [0.25, 0.3) is 0 Å². The fourth-order valence-electron chi connectivity index (χ4n) is 2.98. The van der Waals surface area contributed by atoms with Crippen LogP contribution < -0.4 is 4.90 Å². The number of fused-ring (bicyclic) bond motifs is 1. The van der Waals surface area contributed by atoms with Crippen LogP contribution in [0.5, 0.6) is 0 Å². The molecular weight excluding hydrogens is 361 g/mol. The van der Waals surface area contributed by atoms with Crippen LogP contribution in [0.2, 0.25) is 0 Å². The number of benzene rings is 2. The van der Waals surface area contributed by atoms with Crippen LogP contribution >= 0.6 is 11.3 Å². The van der Waals surface area contributed by atoms with Gasteiger partial charge in [-0.2, -0.15) is 0 Å². The lowest BCUT2D eigenvalue weighted by Crippen LogP contribution is -2.34. The summed E-state index contributed by atoms with van der Waals surface area (Å²) in [6, 6.07) is 12.9. The highest BCUT2D eigenvalue weighted by molar-refractivity contribution is 7.22. The molecule has 0 fully saturated rings. The van der Waals surface area contributed by atoms with Crippen molar-refractivity contribution in [3.8, 4) is 0 Å². The van der Waals surface area contributed by atoms with E-state index in [0.29, 0.717) is 23.6 Å². The third-order valence-electron chi connectivity index (χ3n) is 4.32. The van der Waals surface area contributed by atoms with Crippen LogP contribution in [-0.4, -0.2) is 43.0 Å². The molecule has 0 radical (unpaired) electrons. The first-order valence-electron chi connectivity index (χ1n) is 9.00. The van der Waals surface area contributed by atoms with Gasteiger partial charge in [0.15, 0.2) is 5.13 Å². The third-order valence-corrected chi connectivity index (χ3v) is 5.36. The van der Waals surface area contributed by atoms with Gasteiger partial charge in [0, 0.05) is 6.54 Å². The Morgan fingerprint density at radius 2 is 1.93 bits per heavy atom. The van der Waals surface area contributed by atoms with Crippen molar-refractivity contribution in [2.24, 2.45) is 0 Å². The zero-order chi connectivity index (χ0) is 19.4. The average Bonchev–Trinajstić information content (AvgIpc) is 3.03. The van der Waals surface area contributed by atoms with E-state index in [1.807, 2.05) is 51.4 Å². The molecule has 0 spiro atoms. The van der Waals surface area contributed by atoms with Crippen LogP contribution in [0, 0.1) is 12.7 Å². The SMILES string of the molecule is Cc1cccc(CC(=O)N(CCCN(C)C)c2nc3c(F)cccc3s2)c1. The van der Waals surface area contributed by atoms with Gasteiger partial charge in [-0.05, 0) is 51.7 Å². The quantitative estimate of drug-likeness (QED) is 0.609. The van der Waals surface area contributed by atoms with Crippen LogP contribution in [0.1, 0.15) is 17.5 Å². The molecule has 142 valence electrons. The lowest BCUT2D eigenvalue weighted by atomic mass is 10.1. The molecule has 0 atom stereocenters. The van der Waals surface area contributed by atoms with Crippen LogP contribution in [0.25, 0.3) is 10.2 Å². The molecule has 0 unspecified atom stereocenters. The molecule has 27 heavy (non-hydrogen) atoms. The molecule has 0 saturated heterocycles. The van der Waals surface area contributed by atoms with Gasteiger partial charge in [-0.15, -0.1) is 0 Å². The van der Waals surface area contributed by atoms with Gasteiger partial charge in [0.2, 0.25) is 5.91 Å². The number of anilines is 1. The average molecular weight is 386 g/mol. The number of amides is 1. The van der Waals surface area contributed by atoms with E-state index in [-0.39, 0.29) is 11.7 Å². The van der Waals surface area contributed by atoms with Gasteiger partial charge >= 0.3 is 0 Å². The molecule has 1 amide bonds. The van der Waals surface area contributed by atoms with Crippen LogP contribution in [0.3, 0.4) is 0 Å². The van der Waals surface area contributed by atoms with Crippen molar-refractivity contribution >= 4 is 32.6 Å². The molecule has 2 aromatic carbocycles. The smallest absolute Gasteiger partial charge is 0.233 e. The third kappa shape index (κ3) is 4.90. The molecule has 1 aromatic heterocycles. The second kappa shape index (κ2) is 8.59. The summed E-state index contributed by atoms with van der Waals surface area (Å²) >= 11 is 1.36. The second-order valence-electron chi connectivity index (χ2n) is 6.95. The molecule has 0 aliphatic heterocycles. The topological polar surface area (TPSA) is 36.4 Å². The Hall–Kier alpha value is -2.31. The first-order valence-corrected chi connectivity index (χ1v) is 9.81. The fraction of sp³-hybridized carbons (Fsp3) is 0.333. The summed E-state index contributed by atoms with van der Waals surface area (Å²) in [7, 11) is 4.01. The van der Waals surface area contributed by atoms with Gasteiger partial charge < -0.3 is 4.90 Å². The van der Waals surface area contributed by atoms with Crippen molar-refractivity contribution in [3.63, 3.8) is 0 Å². The van der Waals surface area contributed by atoms with Crippen molar-refractivity contribution in [1.29, 1.82) is 0 Å². The Morgan fingerprint density at radius 3 is 2.63 bits per heavy atom. The second-order valence-corrected chi connectivity index (χ2v) is 7.96. The highest BCUT2D eigenvalue weighted by Crippen LogP contribution is 2.30. The number of aryl methyl sites for hydroxylation is 1. The molecule has 4 nitrogen and oxygen atoms in total. The summed E-state index contributed by atoms with van der Waals surface area (Å²) in [4.78, 5) is 21.3. The van der Waals surface area contributed by atoms with E-state index in [1.165, 1.54) is 17.4 Å². The molecule has 3 aromatic rings. The molecule has 0 bridgehead atoms. The largest absolute Gasteiger partial charge is 0.309 e. The molecule has 0 N–H and O–H groups in total. The minimum atomic E-state index is -0.352. The first-order chi connectivity index (χ1) is 12.9. The zero-order valence-corrected chi connectivity index (χ0v) is 16.7. The van der Waals surface area contributed by atoms with Crippen molar-refractivity contribution < 1.29 is 9.18 Å². The Balaban J connectivity index is 1.86. The van der Waals surface area contributed by atoms with Crippen LogP contribution in [0.15, 0.2) is 42.5 Å². The molecular formula is C21H24FN3OS. The van der Waals surface area contributed by atoms with Crippen molar-refractivity contribution in [3.05, 3.63) is 59.4 Å². The normalized spacial score (nSPS) is 11.3. The molecule has 0 aliphatic carbocycles. The number of hydrogen-bond donors (Lipinski definition) is 0. The predicted molar refractivity (Wildman–Crippen MR) is 110 cm³/mol. The maximum atomic E-state index is 14.0. The minimum Gasteiger partial charge on any atom is -0.309 e. The number of nitrogens with zero attached hydrogens (tertiary/aromatic N) is 3. The number of aromatic nitrogens is 1. The van der Waals surface area contributed by atoms with Gasteiger partial charge in [-0.3, -0.25) is 9.69 Å². The van der Waals surface area contributed by atoms with Crippen LogP contribution in [-0.2, 0) is 11.2 Å². The van der Waals surface area contributed by atoms with Crippen molar-refractivity contribution in [2.75, 3.05) is 32.1 Å². The van der Waals surface area contributed by atoms with Crippen molar-refractivity contribution in [2.45, 2.75) is 19.8 Å². The maximum absolute atomic E-state index is 14.0. The highest BCUT2D eigenvalue weighted by Gasteiger charge is 2.21. The van der Waals surface area contributed by atoms with E-state index in [0.717, 1.165) is 28.8 Å². The predicted octanol–water partition coefficient (Wildman–Crippen LogP) is 4.27. The number of hydrogen-bond acceptors (Lipinski definition) is 4. The summed E-state index contributed by atoms with van der Waals surface area (Å²) in [6.45, 7) is 3.44. The van der Waals surface area contributed by atoms with Gasteiger partial charge in [0.1, 0.15) is 11.3 Å². The standard InChI is InChI=1S/C21H24FN3OS/c1-15-7-4-8-16(13-15)14-19(26)25(12-6-11-24(2)3)21-23-20-17(22)9-5-10-18(20)27-21/h4-5,7-10,13H,6,11-12,14H2,1-3H3. The lowest BCUT2D eigenvalue weighted by molar-refractivity contribution is -0.118. The molecule has 3 rings (SSSR count). The first kappa shape index (κ1) is 19.5. The molecule has 6 heteroatoms. The Labute approximate surface area is 163 Å². The van der Waals surface area contributed by atoms with E-state index >= 15 is 0 Å². The summed E-state index contributed by atoms with van der Waals surface area (Å²) in [5.41, 5.74) is 2.44. The summed E-state index contributed by atoms with van der Waals surface area (Å²) in [6.07, 6.45) is 1.13. The number of rotatable bonds is 7.